The van der Waals surface area contributed by atoms with Crippen LogP contribution in [-0.4, -0.2) is 18.9 Å². The van der Waals surface area contributed by atoms with Crippen LogP contribution in [0.15, 0.2) is 66.4 Å². The monoisotopic (exact) mass is 400 g/mol. The van der Waals surface area contributed by atoms with Gasteiger partial charge in [0.05, 0.1) is 18.2 Å². The van der Waals surface area contributed by atoms with Gasteiger partial charge in [-0.2, -0.15) is 0 Å². The van der Waals surface area contributed by atoms with E-state index < -0.39 is 5.97 Å². The molecule has 30 heavy (non-hydrogen) atoms. The summed E-state index contributed by atoms with van der Waals surface area (Å²) in [6.07, 6.45) is 1.67. The Kier molecular flexibility index (Phi) is 5.11. The number of esters is 1. The van der Waals surface area contributed by atoms with Gasteiger partial charge in [-0.05, 0) is 61.4 Å². The number of methoxy groups -OCH3 is 1. The molecule has 3 aromatic carbocycles. The number of Topliss-reactive ketones (excluding diaryl/α,β-unsaturated/α-hetero) is 1. The van der Waals surface area contributed by atoms with Crippen LogP contribution in [-0.2, 0) is 0 Å². The van der Waals surface area contributed by atoms with Crippen molar-refractivity contribution in [2.75, 3.05) is 7.11 Å². The van der Waals surface area contributed by atoms with Gasteiger partial charge in [-0.25, -0.2) is 4.79 Å². The van der Waals surface area contributed by atoms with Crippen LogP contribution in [0.1, 0.15) is 37.4 Å². The van der Waals surface area contributed by atoms with Crippen LogP contribution in [0, 0.1) is 13.8 Å². The lowest BCUT2D eigenvalue weighted by Gasteiger charge is -2.08. The summed E-state index contributed by atoms with van der Waals surface area (Å²) in [6.45, 7) is 3.74. The van der Waals surface area contributed by atoms with Crippen LogP contribution in [0.3, 0.4) is 0 Å². The number of aryl methyl sites for hydroxylation is 2. The number of carbonyl (C=O) groups excluding carboxylic acids is 2. The number of carbonyl (C=O) groups is 2. The van der Waals surface area contributed by atoms with E-state index in [4.69, 9.17) is 14.2 Å². The molecule has 0 N–H and O–H groups in total. The number of ketones is 1. The molecule has 0 amide bonds. The predicted octanol–water partition coefficient (Wildman–Crippen LogP) is 5.15. The predicted molar refractivity (Wildman–Crippen MR) is 113 cm³/mol. The minimum atomic E-state index is -0.467. The molecular formula is C25H20O5. The molecule has 0 aliphatic carbocycles. The second-order valence-electron chi connectivity index (χ2n) is 7.09. The van der Waals surface area contributed by atoms with Gasteiger partial charge < -0.3 is 14.2 Å². The molecule has 0 aromatic heterocycles. The smallest absolute Gasteiger partial charge is 0.343 e. The van der Waals surface area contributed by atoms with Gasteiger partial charge in [0.2, 0.25) is 5.78 Å². The highest BCUT2D eigenvalue weighted by atomic mass is 16.5. The van der Waals surface area contributed by atoms with E-state index in [-0.39, 0.29) is 11.5 Å². The first-order valence-corrected chi connectivity index (χ1v) is 9.46. The SMILES string of the molecule is COc1cccc(/C=C2\Oc3cc(OC(=O)c4ccc(C)cc4)cc(C)c3C2=O)c1. The van der Waals surface area contributed by atoms with Crippen molar-refractivity contribution in [2.24, 2.45) is 0 Å². The molecule has 0 spiro atoms. The summed E-state index contributed by atoms with van der Waals surface area (Å²) in [6, 6.07) is 17.7. The van der Waals surface area contributed by atoms with E-state index in [9.17, 15) is 9.59 Å². The van der Waals surface area contributed by atoms with Crippen molar-refractivity contribution in [2.45, 2.75) is 13.8 Å². The number of fused-ring (bicyclic) bond motifs is 1. The van der Waals surface area contributed by atoms with E-state index in [2.05, 4.69) is 0 Å². The zero-order valence-electron chi connectivity index (χ0n) is 16.9. The maximum absolute atomic E-state index is 12.8. The van der Waals surface area contributed by atoms with Gasteiger partial charge >= 0.3 is 5.97 Å². The van der Waals surface area contributed by atoms with E-state index in [0.29, 0.717) is 33.9 Å². The van der Waals surface area contributed by atoms with Gasteiger partial charge in [0.1, 0.15) is 17.2 Å². The normalized spacial score (nSPS) is 13.7. The minimum Gasteiger partial charge on any atom is -0.497 e. The third-order valence-electron chi connectivity index (χ3n) is 4.83. The molecule has 1 aliphatic heterocycles. The molecule has 0 atom stereocenters. The van der Waals surface area contributed by atoms with Crippen molar-refractivity contribution in [3.05, 3.63) is 94.2 Å². The third-order valence-corrected chi connectivity index (χ3v) is 4.83. The van der Waals surface area contributed by atoms with Crippen molar-refractivity contribution in [1.82, 2.24) is 0 Å². The summed E-state index contributed by atoms with van der Waals surface area (Å²) in [5.41, 5.74) is 3.45. The molecule has 1 aliphatic rings. The molecule has 0 saturated carbocycles. The van der Waals surface area contributed by atoms with E-state index in [0.717, 1.165) is 11.1 Å². The minimum absolute atomic E-state index is 0.207. The summed E-state index contributed by atoms with van der Waals surface area (Å²) in [7, 11) is 1.59. The Bertz CT molecular complexity index is 1170. The lowest BCUT2D eigenvalue weighted by atomic mass is 10.0. The van der Waals surface area contributed by atoms with Crippen LogP contribution in [0.5, 0.6) is 17.2 Å². The Morgan fingerprint density at radius 2 is 1.73 bits per heavy atom. The maximum Gasteiger partial charge on any atom is 0.343 e. The summed E-state index contributed by atoms with van der Waals surface area (Å²) in [4.78, 5) is 25.2. The van der Waals surface area contributed by atoms with Crippen molar-refractivity contribution in [3.63, 3.8) is 0 Å². The molecule has 5 nitrogen and oxygen atoms in total. The van der Waals surface area contributed by atoms with Gasteiger partial charge in [-0.1, -0.05) is 29.8 Å². The summed E-state index contributed by atoms with van der Waals surface area (Å²) < 4.78 is 16.5. The van der Waals surface area contributed by atoms with Gasteiger partial charge in [0.25, 0.3) is 0 Å². The van der Waals surface area contributed by atoms with Crippen molar-refractivity contribution in [1.29, 1.82) is 0 Å². The number of rotatable bonds is 4. The van der Waals surface area contributed by atoms with Crippen molar-refractivity contribution < 1.29 is 23.8 Å². The summed E-state index contributed by atoms with van der Waals surface area (Å²) >= 11 is 0. The zero-order valence-corrected chi connectivity index (χ0v) is 16.9. The van der Waals surface area contributed by atoms with Crippen LogP contribution in [0.4, 0.5) is 0 Å². The van der Waals surface area contributed by atoms with Crippen LogP contribution < -0.4 is 14.2 Å². The van der Waals surface area contributed by atoms with Crippen LogP contribution in [0.25, 0.3) is 6.08 Å². The first kappa shape index (κ1) is 19.5. The molecule has 0 radical (unpaired) electrons. The largest absolute Gasteiger partial charge is 0.497 e. The summed E-state index contributed by atoms with van der Waals surface area (Å²) in [5.74, 6) is 0.929. The first-order chi connectivity index (χ1) is 14.4. The highest BCUT2D eigenvalue weighted by molar-refractivity contribution is 6.15. The third kappa shape index (κ3) is 3.82. The van der Waals surface area contributed by atoms with E-state index in [1.165, 1.54) is 0 Å². The first-order valence-electron chi connectivity index (χ1n) is 9.46. The molecule has 0 fully saturated rings. The standard InChI is InChI=1S/C25H20O5/c1-15-7-9-18(10-8-15)25(27)29-20-11-16(2)23-21(14-20)30-22(24(23)26)13-17-5-4-6-19(12-17)28-3/h4-14H,1-3H3/b22-13-. The Labute approximate surface area is 174 Å². The quantitative estimate of drug-likeness (QED) is 0.344. The maximum atomic E-state index is 12.8. The highest BCUT2D eigenvalue weighted by Gasteiger charge is 2.30. The molecule has 0 saturated heterocycles. The number of hydrogen-bond donors (Lipinski definition) is 0. The lowest BCUT2D eigenvalue weighted by Crippen LogP contribution is -2.08. The molecule has 5 heteroatoms. The second-order valence-corrected chi connectivity index (χ2v) is 7.09. The molecule has 0 bridgehead atoms. The fourth-order valence-corrected chi connectivity index (χ4v) is 3.27. The number of allylic oxidation sites excluding steroid dienone is 1. The Hall–Kier alpha value is -3.86. The number of ether oxygens (including phenoxy) is 3. The van der Waals surface area contributed by atoms with Gasteiger partial charge in [-0.15, -0.1) is 0 Å². The van der Waals surface area contributed by atoms with Gasteiger partial charge in [0.15, 0.2) is 5.76 Å². The Balaban J connectivity index is 1.60. The highest BCUT2D eigenvalue weighted by Crippen LogP contribution is 2.37. The fraction of sp³-hybridized carbons (Fsp3) is 0.120. The molecular weight excluding hydrogens is 380 g/mol. The Morgan fingerprint density at radius 1 is 0.967 bits per heavy atom. The molecule has 150 valence electrons. The van der Waals surface area contributed by atoms with Crippen molar-refractivity contribution in [3.8, 4) is 17.2 Å². The topological polar surface area (TPSA) is 61.8 Å². The van der Waals surface area contributed by atoms with Gasteiger partial charge in [0, 0.05) is 6.07 Å². The summed E-state index contributed by atoms with van der Waals surface area (Å²) in [5, 5.41) is 0. The molecule has 1 heterocycles. The average molecular weight is 400 g/mol. The Morgan fingerprint density at radius 3 is 2.47 bits per heavy atom. The van der Waals surface area contributed by atoms with Crippen LogP contribution in [0.2, 0.25) is 0 Å². The van der Waals surface area contributed by atoms with E-state index >= 15 is 0 Å². The van der Waals surface area contributed by atoms with E-state index in [1.807, 2.05) is 43.3 Å². The molecule has 0 unspecified atom stereocenters. The fourth-order valence-electron chi connectivity index (χ4n) is 3.27. The number of hydrogen-bond acceptors (Lipinski definition) is 5. The van der Waals surface area contributed by atoms with E-state index in [1.54, 1.807) is 44.4 Å². The lowest BCUT2D eigenvalue weighted by molar-refractivity contribution is 0.0734. The molecule has 4 rings (SSSR count). The average Bonchev–Trinajstić information content (AvgIpc) is 3.04. The zero-order chi connectivity index (χ0) is 21.3. The second kappa shape index (κ2) is 7.87. The van der Waals surface area contributed by atoms with Crippen molar-refractivity contribution >= 4 is 17.8 Å². The number of benzene rings is 3. The van der Waals surface area contributed by atoms with Crippen LogP contribution >= 0.6 is 0 Å². The van der Waals surface area contributed by atoms with Gasteiger partial charge in [-0.3, -0.25) is 4.79 Å². The molecule has 3 aromatic rings.